The van der Waals surface area contributed by atoms with Gasteiger partial charge in [0.2, 0.25) is 0 Å². The average Bonchev–Trinajstić information content (AvgIpc) is 3.89. The van der Waals surface area contributed by atoms with E-state index in [0.29, 0.717) is 17.4 Å². The Labute approximate surface area is 302 Å². The van der Waals surface area contributed by atoms with Crippen molar-refractivity contribution in [2.24, 2.45) is 5.92 Å². The number of benzene rings is 1. The summed E-state index contributed by atoms with van der Waals surface area (Å²) in [6.45, 7) is 19.7. The van der Waals surface area contributed by atoms with Crippen LogP contribution in [0.15, 0.2) is 92.0 Å². The van der Waals surface area contributed by atoms with E-state index in [0.717, 1.165) is 87.5 Å². The van der Waals surface area contributed by atoms with Gasteiger partial charge in [0.1, 0.15) is 11.5 Å². The number of allylic oxidation sites excluding steroid dienone is 7. The van der Waals surface area contributed by atoms with E-state index in [1.165, 1.54) is 58.0 Å². The van der Waals surface area contributed by atoms with Crippen molar-refractivity contribution in [3.05, 3.63) is 126 Å². The summed E-state index contributed by atoms with van der Waals surface area (Å²) in [5.74, 6) is 1.08. The van der Waals surface area contributed by atoms with Crippen LogP contribution in [0.5, 0.6) is 0 Å². The summed E-state index contributed by atoms with van der Waals surface area (Å²) in [4.78, 5) is 15.7. The Hall–Kier alpha value is -4.82. The summed E-state index contributed by atoms with van der Waals surface area (Å²) >= 11 is 0. The molecule has 6 rings (SSSR count). The molecule has 8 heteroatoms. The Morgan fingerprint density at radius 1 is 1.06 bits per heavy atom. The fourth-order valence-corrected chi connectivity index (χ4v) is 7.61. The number of H-pyrrole nitrogens is 2. The molecule has 0 unspecified atom stereocenters. The maximum atomic E-state index is 15.0. The van der Waals surface area contributed by atoms with Crippen LogP contribution < -0.4 is 5.32 Å². The maximum Gasteiger partial charge on any atom is 0.181 e. The van der Waals surface area contributed by atoms with Gasteiger partial charge >= 0.3 is 0 Å². The molecule has 1 aromatic carbocycles. The van der Waals surface area contributed by atoms with E-state index < -0.39 is 0 Å². The second kappa shape index (κ2) is 16.9. The number of hydrogen-bond acceptors (Lipinski definition) is 5. The van der Waals surface area contributed by atoms with Crippen LogP contribution in [0.25, 0.3) is 33.7 Å². The van der Waals surface area contributed by atoms with Gasteiger partial charge in [-0.1, -0.05) is 76.1 Å². The highest BCUT2D eigenvalue weighted by atomic mass is 19.1. The Morgan fingerprint density at radius 2 is 1.86 bits per heavy atom. The smallest absolute Gasteiger partial charge is 0.181 e. The van der Waals surface area contributed by atoms with Crippen molar-refractivity contribution in [3.63, 3.8) is 0 Å². The molecule has 0 amide bonds. The lowest BCUT2D eigenvalue weighted by molar-refractivity contribution is 0.334. The molecule has 4 aromatic rings. The number of likely N-dealkylation sites (tertiary alicyclic amines) is 1. The van der Waals surface area contributed by atoms with Gasteiger partial charge in [0.05, 0.1) is 11.1 Å². The lowest BCUT2D eigenvalue weighted by Gasteiger charge is -2.23. The van der Waals surface area contributed by atoms with E-state index in [-0.39, 0.29) is 5.82 Å². The van der Waals surface area contributed by atoms with Crippen molar-refractivity contribution in [1.82, 2.24) is 35.4 Å². The molecule has 1 aliphatic heterocycles. The summed E-state index contributed by atoms with van der Waals surface area (Å²) in [6.07, 6.45) is 23.4. The van der Waals surface area contributed by atoms with E-state index in [2.05, 4.69) is 69.4 Å². The Morgan fingerprint density at radius 3 is 2.61 bits per heavy atom. The third-order valence-electron chi connectivity index (χ3n) is 10.2. The van der Waals surface area contributed by atoms with Crippen LogP contribution >= 0.6 is 0 Å². The number of aryl methyl sites for hydroxylation is 2. The number of pyridine rings is 1. The highest BCUT2D eigenvalue weighted by molar-refractivity contribution is 5.92. The first-order valence-electron chi connectivity index (χ1n) is 18.6. The first-order chi connectivity index (χ1) is 24.8. The van der Waals surface area contributed by atoms with Crippen LogP contribution in [-0.4, -0.2) is 49.7 Å². The quantitative estimate of drug-likeness (QED) is 0.109. The maximum absolute atomic E-state index is 15.0. The third-order valence-corrected chi connectivity index (χ3v) is 10.2. The summed E-state index contributed by atoms with van der Waals surface area (Å²) in [6, 6.07) is 7.41. The minimum absolute atomic E-state index is 0.248. The number of nitrogens with one attached hydrogen (secondary N) is 3. The minimum atomic E-state index is -0.248. The van der Waals surface area contributed by atoms with Gasteiger partial charge in [-0.3, -0.25) is 5.10 Å². The van der Waals surface area contributed by atoms with Crippen LogP contribution in [0, 0.1) is 18.7 Å². The summed E-state index contributed by atoms with van der Waals surface area (Å²) in [5, 5.41) is 12.0. The molecule has 0 radical (unpaired) electrons. The monoisotopic (exact) mass is 685 g/mol. The Kier molecular flexibility index (Phi) is 11.9. The SMILES string of the molecule is C=C/C=C(/c1cc(F)cc(CCCN2CCCC2)c1)c1nc(-c2[nH]nc3ncc(C(/C=C(\C=C)NC(=C)CC4CCCCC4)=C/C)cc23)[nH]c1C. The van der Waals surface area contributed by atoms with E-state index in [1.54, 1.807) is 18.2 Å². The van der Waals surface area contributed by atoms with E-state index in [4.69, 9.17) is 9.97 Å². The molecule has 4 heterocycles. The third kappa shape index (κ3) is 8.92. The summed E-state index contributed by atoms with van der Waals surface area (Å²) in [7, 11) is 0. The molecule has 266 valence electrons. The van der Waals surface area contributed by atoms with Gasteiger partial charge in [0.25, 0.3) is 0 Å². The molecule has 1 saturated heterocycles. The number of rotatable bonds is 15. The van der Waals surface area contributed by atoms with Crippen molar-refractivity contribution < 1.29 is 4.39 Å². The van der Waals surface area contributed by atoms with Crippen LogP contribution in [0.1, 0.15) is 92.8 Å². The summed E-state index contributed by atoms with van der Waals surface area (Å²) < 4.78 is 15.0. The fraction of sp³-hybridized carbons (Fsp3) is 0.372. The van der Waals surface area contributed by atoms with Crippen LogP contribution in [0.4, 0.5) is 4.39 Å². The fourth-order valence-electron chi connectivity index (χ4n) is 7.61. The molecule has 0 atom stereocenters. The van der Waals surface area contributed by atoms with Gasteiger partial charge in [0.15, 0.2) is 11.5 Å². The lowest BCUT2D eigenvalue weighted by atomic mass is 9.86. The molecular formula is C43H52FN7. The normalized spacial score (nSPS) is 16.6. The lowest BCUT2D eigenvalue weighted by Crippen LogP contribution is -2.20. The van der Waals surface area contributed by atoms with Crippen molar-refractivity contribution in [3.8, 4) is 11.5 Å². The highest BCUT2D eigenvalue weighted by Gasteiger charge is 2.20. The van der Waals surface area contributed by atoms with Gasteiger partial charge in [-0.25, -0.2) is 14.4 Å². The Balaban J connectivity index is 1.24. The van der Waals surface area contributed by atoms with Crippen molar-refractivity contribution >= 4 is 22.2 Å². The van der Waals surface area contributed by atoms with Crippen molar-refractivity contribution in [2.75, 3.05) is 19.6 Å². The predicted molar refractivity (Wildman–Crippen MR) is 209 cm³/mol. The van der Waals surface area contributed by atoms with Gasteiger partial charge in [-0.15, -0.1) is 0 Å². The molecule has 2 fully saturated rings. The van der Waals surface area contributed by atoms with Crippen molar-refractivity contribution in [1.29, 1.82) is 0 Å². The molecule has 3 N–H and O–H groups in total. The minimum Gasteiger partial charge on any atom is -0.359 e. The number of fused-ring (bicyclic) bond motifs is 1. The number of aromatic amines is 2. The molecule has 3 aromatic heterocycles. The van der Waals surface area contributed by atoms with Crippen LogP contribution in [0.3, 0.4) is 0 Å². The first kappa shape index (κ1) is 36.0. The molecule has 1 aliphatic carbocycles. The zero-order chi connectivity index (χ0) is 35.7. The largest absolute Gasteiger partial charge is 0.359 e. The zero-order valence-electron chi connectivity index (χ0n) is 30.3. The molecule has 0 bridgehead atoms. The first-order valence-corrected chi connectivity index (χ1v) is 18.6. The molecule has 7 nitrogen and oxygen atoms in total. The average molecular weight is 686 g/mol. The van der Waals surface area contributed by atoms with E-state index in [9.17, 15) is 0 Å². The number of hydrogen-bond donors (Lipinski definition) is 3. The van der Waals surface area contributed by atoms with E-state index in [1.807, 2.05) is 32.2 Å². The molecule has 2 aliphatic rings. The van der Waals surface area contributed by atoms with Gasteiger partial charge in [-0.05, 0) is 119 Å². The van der Waals surface area contributed by atoms with Crippen molar-refractivity contribution in [2.45, 2.75) is 78.1 Å². The molecule has 51 heavy (non-hydrogen) atoms. The molecule has 1 saturated carbocycles. The topological polar surface area (TPSA) is 85.5 Å². The standard InChI is InChI=1S/C43H52FN7/c1-6-15-38(34-23-32(24-36(44)25-34)18-14-21-51-19-12-13-20-51)40-30(5)47-43(48-40)41-39-27-35(28-45-42(39)50-49-41)33(7-2)26-37(8-3)46-29(4)22-31-16-10-9-11-17-31/h6-8,15,23-28,31,46H,1,3-4,9-14,16-22H2,2,5H3,(H,47,48)(H,45,49,50)/b33-7+,37-26+,38-15-. The predicted octanol–water partition coefficient (Wildman–Crippen LogP) is 9.99. The Bertz CT molecular complexity index is 1960. The van der Waals surface area contributed by atoms with Gasteiger partial charge in [-0.2, -0.15) is 5.10 Å². The van der Waals surface area contributed by atoms with Crippen LogP contribution in [0.2, 0.25) is 0 Å². The van der Waals surface area contributed by atoms with E-state index >= 15 is 4.39 Å². The van der Waals surface area contributed by atoms with Gasteiger partial charge < -0.3 is 15.2 Å². The highest BCUT2D eigenvalue weighted by Crippen LogP contribution is 2.33. The number of imidazole rings is 1. The van der Waals surface area contributed by atoms with Gasteiger partial charge in [0, 0.05) is 34.4 Å². The number of nitrogens with zero attached hydrogens (tertiary/aromatic N) is 4. The summed E-state index contributed by atoms with van der Waals surface area (Å²) in [5.41, 5.74) is 9.36. The number of halogens is 1. The second-order valence-corrected chi connectivity index (χ2v) is 14.1. The molecular weight excluding hydrogens is 634 g/mol. The molecule has 0 spiro atoms. The zero-order valence-corrected chi connectivity index (χ0v) is 30.3. The second-order valence-electron chi connectivity index (χ2n) is 14.1. The van der Waals surface area contributed by atoms with Crippen LogP contribution in [-0.2, 0) is 6.42 Å². The number of aromatic nitrogens is 5.